The van der Waals surface area contributed by atoms with Crippen LogP contribution in [0.2, 0.25) is 0 Å². The Morgan fingerprint density at radius 2 is 0.522 bits per heavy atom. The molecular weight excluding hydrogens is 841 g/mol. The van der Waals surface area contributed by atoms with Crippen LogP contribution < -0.4 is 0 Å². The second-order valence-electron chi connectivity index (χ2n) is 18.8. The third kappa shape index (κ3) is 9.66. The van der Waals surface area contributed by atoms with Gasteiger partial charge in [-0.25, -0.2) is 15.0 Å². The molecule has 6 nitrogen and oxygen atoms in total. The zero-order chi connectivity index (χ0) is 47.4. The van der Waals surface area contributed by atoms with Crippen molar-refractivity contribution in [2.75, 3.05) is 0 Å². The Labute approximate surface area is 407 Å². The molecule has 0 fully saturated rings. The van der Waals surface area contributed by atoms with E-state index in [0.29, 0.717) is 0 Å². The molecule has 7 aromatic carbocycles. The molecule has 3 heterocycles. The fraction of sp³-hybridized carbons (Fsp3) is 0.190. The van der Waals surface area contributed by atoms with Gasteiger partial charge in [-0.2, -0.15) is 0 Å². The van der Waals surface area contributed by atoms with Crippen molar-refractivity contribution in [1.82, 2.24) is 28.7 Å². The normalized spacial score (nSPS) is 11.4. The third-order valence-corrected chi connectivity index (χ3v) is 13.8. The van der Waals surface area contributed by atoms with Crippen LogP contribution >= 0.6 is 0 Å². The molecule has 0 atom stereocenters. The molecule has 0 aliphatic heterocycles. The van der Waals surface area contributed by atoms with Crippen LogP contribution in [-0.4, -0.2) is 28.7 Å². The van der Waals surface area contributed by atoms with Crippen LogP contribution in [0.5, 0.6) is 0 Å². The second-order valence-corrected chi connectivity index (χ2v) is 18.8. The zero-order valence-corrected chi connectivity index (χ0v) is 40.7. The number of nitrogens with zero attached hydrogens (tertiary/aromatic N) is 6. The number of para-hydroxylation sites is 3. The van der Waals surface area contributed by atoms with Crippen LogP contribution in [0.1, 0.15) is 66.8 Å². The number of imidazole rings is 3. The summed E-state index contributed by atoms with van der Waals surface area (Å²) in [6.07, 6.45) is 17.7. The summed E-state index contributed by atoms with van der Waals surface area (Å²) in [6, 6.07) is 53.8. The first kappa shape index (κ1) is 45.0. The van der Waals surface area contributed by atoms with E-state index in [1.54, 1.807) is 0 Å². The molecule has 6 heteroatoms. The van der Waals surface area contributed by atoms with Crippen molar-refractivity contribution in [3.05, 3.63) is 250 Å². The molecule has 342 valence electrons. The predicted octanol–water partition coefficient (Wildman–Crippen LogP) is 14.5. The maximum absolute atomic E-state index is 4.79. The summed E-state index contributed by atoms with van der Waals surface area (Å²) in [6.45, 7) is 13.0. The van der Waals surface area contributed by atoms with E-state index in [2.05, 4.69) is 219 Å². The lowest BCUT2D eigenvalue weighted by Gasteiger charge is -2.15. The molecule has 3 aromatic heterocycles. The molecule has 0 saturated heterocycles. The first-order chi connectivity index (χ1) is 33.7. The molecule has 0 aliphatic rings. The van der Waals surface area contributed by atoms with E-state index in [0.717, 1.165) is 72.7 Å². The molecule has 10 aromatic rings. The van der Waals surface area contributed by atoms with Gasteiger partial charge >= 0.3 is 0 Å². The second kappa shape index (κ2) is 19.8. The molecule has 0 unspecified atom stereocenters. The SMILES string of the molecule is Cc1cccc(C)c1-n1ccnc1-c1ccc(CCc2cc(CCc3ccc(-c4nccn4-c4c(C)cccc4C)cc3)cc(CCc3ccc(-c4nccn4-c4c(C)cccc4C)cc3)c2)cc1. The largest absolute Gasteiger partial charge is 0.299 e. The minimum absolute atomic E-state index is 0.965. The summed E-state index contributed by atoms with van der Waals surface area (Å²) >= 11 is 0. The van der Waals surface area contributed by atoms with Crippen molar-refractivity contribution in [2.24, 2.45) is 0 Å². The molecule has 0 spiro atoms. The van der Waals surface area contributed by atoms with Gasteiger partial charge in [-0.05, 0) is 147 Å². The lowest BCUT2D eigenvalue weighted by atomic mass is 9.94. The molecule has 0 bridgehead atoms. The molecular formula is C63H60N6. The number of hydrogen-bond acceptors (Lipinski definition) is 3. The van der Waals surface area contributed by atoms with Gasteiger partial charge in [0.2, 0.25) is 0 Å². The average Bonchev–Trinajstić information content (AvgIpc) is 4.16. The van der Waals surface area contributed by atoms with E-state index in [4.69, 9.17) is 15.0 Å². The Morgan fingerprint density at radius 1 is 0.290 bits per heavy atom. The fourth-order valence-corrected chi connectivity index (χ4v) is 10.2. The molecule has 0 aliphatic carbocycles. The molecule has 0 N–H and O–H groups in total. The van der Waals surface area contributed by atoms with Crippen LogP contribution in [0.15, 0.2) is 183 Å². The van der Waals surface area contributed by atoms with Crippen molar-refractivity contribution in [3.63, 3.8) is 0 Å². The van der Waals surface area contributed by atoms with Crippen molar-refractivity contribution < 1.29 is 0 Å². The Balaban J connectivity index is 0.864. The van der Waals surface area contributed by atoms with Gasteiger partial charge < -0.3 is 0 Å². The van der Waals surface area contributed by atoms with Crippen molar-refractivity contribution in [2.45, 2.75) is 80.1 Å². The average molecular weight is 901 g/mol. The summed E-state index contributed by atoms with van der Waals surface area (Å²) in [5.74, 6) is 2.90. The van der Waals surface area contributed by atoms with E-state index in [1.165, 1.54) is 83.8 Å². The maximum Gasteiger partial charge on any atom is 0.144 e. The lowest BCUT2D eigenvalue weighted by molar-refractivity contribution is 0.903. The van der Waals surface area contributed by atoms with E-state index >= 15 is 0 Å². The fourth-order valence-electron chi connectivity index (χ4n) is 10.2. The zero-order valence-electron chi connectivity index (χ0n) is 40.7. The molecule has 0 radical (unpaired) electrons. The van der Waals surface area contributed by atoms with Gasteiger partial charge in [-0.15, -0.1) is 0 Å². The Bertz CT molecular complexity index is 2950. The minimum Gasteiger partial charge on any atom is -0.299 e. The standard InChI is InChI=1S/C63H60N6/c1-43-10-7-11-44(2)58(43)67-37-34-64-61(67)55-28-22-49(23-29-55)16-19-52-40-53(20-17-50-24-30-56(31-25-50)62-65-35-38-68(62)59-45(3)12-8-13-46(59)4)42-54(41-52)21-18-51-26-32-57(33-27-51)63-66-36-39-69(63)60-47(5)14-9-15-48(60)6/h7-15,22-42H,16-21H2,1-6H3. The number of aryl methyl sites for hydroxylation is 12. The van der Waals surface area contributed by atoms with Crippen LogP contribution in [0.25, 0.3) is 51.2 Å². The highest BCUT2D eigenvalue weighted by Crippen LogP contribution is 2.30. The van der Waals surface area contributed by atoms with E-state index in [1.807, 2.05) is 18.6 Å². The van der Waals surface area contributed by atoms with Crippen LogP contribution in [-0.2, 0) is 38.5 Å². The quantitative estimate of drug-likeness (QED) is 0.103. The van der Waals surface area contributed by atoms with Gasteiger partial charge in [-0.3, -0.25) is 13.7 Å². The Morgan fingerprint density at radius 3 is 0.768 bits per heavy atom. The molecule has 0 amide bonds. The molecule has 10 rings (SSSR count). The van der Waals surface area contributed by atoms with Crippen molar-refractivity contribution >= 4 is 0 Å². The van der Waals surface area contributed by atoms with Crippen LogP contribution in [0.3, 0.4) is 0 Å². The number of aromatic nitrogens is 6. The van der Waals surface area contributed by atoms with Gasteiger partial charge in [0.25, 0.3) is 0 Å². The topological polar surface area (TPSA) is 53.5 Å². The van der Waals surface area contributed by atoms with Crippen LogP contribution in [0.4, 0.5) is 0 Å². The van der Waals surface area contributed by atoms with Gasteiger partial charge in [-0.1, -0.05) is 146 Å². The lowest BCUT2D eigenvalue weighted by Crippen LogP contribution is -2.02. The number of hydrogen-bond donors (Lipinski definition) is 0. The monoisotopic (exact) mass is 900 g/mol. The maximum atomic E-state index is 4.79. The van der Waals surface area contributed by atoms with Gasteiger partial charge in [0.15, 0.2) is 0 Å². The predicted molar refractivity (Wildman–Crippen MR) is 284 cm³/mol. The summed E-state index contributed by atoms with van der Waals surface area (Å²) in [7, 11) is 0. The van der Waals surface area contributed by atoms with Crippen molar-refractivity contribution in [1.29, 1.82) is 0 Å². The Hall–Kier alpha value is -7.83. The van der Waals surface area contributed by atoms with E-state index in [-0.39, 0.29) is 0 Å². The summed E-state index contributed by atoms with van der Waals surface area (Å²) in [5, 5.41) is 0. The Kier molecular flexibility index (Phi) is 12.9. The first-order valence-electron chi connectivity index (χ1n) is 24.4. The van der Waals surface area contributed by atoms with Crippen LogP contribution in [0, 0.1) is 41.5 Å². The molecule has 69 heavy (non-hydrogen) atoms. The highest BCUT2D eigenvalue weighted by atomic mass is 15.1. The molecule has 0 saturated carbocycles. The highest BCUT2D eigenvalue weighted by molar-refractivity contribution is 5.64. The number of benzene rings is 7. The van der Waals surface area contributed by atoms with Gasteiger partial charge in [0.05, 0.1) is 17.1 Å². The summed E-state index contributed by atoms with van der Waals surface area (Å²) in [4.78, 5) is 14.4. The first-order valence-corrected chi connectivity index (χ1v) is 24.4. The highest BCUT2D eigenvalue weighted by Gasteiger charge is 2.16. The summed E-state index contributed by atoms with van der Waals surface area (Å²) in [5.41, 5.74) is 22.6. The summed E-state index contributed by atoms with van der Waals surface area (Å²) < 4.78 is 6.67. The number of rotatable bonds is 15. The van der Waals surface area contributed by atoms with Crippen molar-refractivity contribution in [3.8, 4) is 51.2 Å². The van der Waals surface area contributed by atoms with Gasteiger partial charge in [0.1, 0.15) is 17.5 Å². The van der Waals surface area contributed by atoms with Gasteiger partial charge in [0, 0.05) is 53.9 Å². The van der Waals surface area contributed by atoms with E-state index < -0.39 is 0 Å². The minimum atomic E-state index is 0.965. The smallest absolute Gasteiger partial charge is 0.144 e. The third-order valence-electron chi connectivity index (χ3n) is 13.8. The van der Waals surface area contributed by atoms with E-state index in [9.17, 15) is 0 Å².